The molecule has 0 radical (unpaired) electrons. The van der Waals surface area contributed by atoms with Gasteiger partial charge in [-0.1, -0.05) is 35.9 Å². The van der Waals surface area contributed by atoms with E-state index in [-0.39, 0.29) is 12.0 Å². The third-order valence-corrected chi connectivity index (χ3v) is 4.21. The van der Waals surface area contributed by atoms with Crippen molar-refractivity contribution >= 4 is 18.0 Å². The van der Waals surface area contributed by atoms with E-state index in [1.807, 2.05) is 51.1 Å². The van der Waals surface area contributed by atoms with Crippen LogP contribution in [0.2, 0.25) is 0 Å². The quantitative estimate of drug-likeness (QED) is 0.498. The minimum Gasteiger partial charge on any atom is -0.493 e. The van der Waals surface area contributed by atoms with E-state index in [1.54, 1.807) is 25.3 Å². The normalized spacial score (nSPS) is 11.9. The zero-order valence-corrected chi connectivity index (χ0v) is 18.1. The van der Waals surface area contributed by atoms with Crippen LogP contribution >= 0.6 is 0 Å². The van der Waals surface area contributed by atoms with Crippen LogP contribution in [0.5, 0.6) is 11.5 Å². The first-order valence-corrected chi connectivity index (χ1v) is 9.85. The Morgan fingerprint density at radius 1 is 1.03 bits per heavy atom. The van der Waals surface area contributed by atoms with E-state index in [4.69, 9.17) is 14.2 Å². The second-order valence-electron chi connectivity index (χ2n) is 7.19. The predicted molar refractivity (Wildman–Crippen MR) is 116 cm³/mol. The molecule has 1 atom stereocenters. The van der Waals surface area contributed by atoms with E-state index in [0.29, 0.717) is 18.0 Å². The summed E-state index contributed by atoms with van der Waals surface area (Å²) in [6.07, 6.45) is 2.00. The summed E-state index contributed by atoms with van der Waals surface area (Å²) in [6, 6.07) is 13.2. The molecule has 0 aliphatic carbocycles. The average molecular weight is 411 g/mol. The molecule has 2 rings (SSSR count). The highest BCUT2D eigenvalue weighted by molar-refractivity contribution is 5.90. The highest BCUT2D eigenvalue weighted by Crippen LogP contribution is 2.29. The molecule has 0 aliphatic rings. The van der Waals surface area contributed by atoms with Gasteiger partial charge in [0.05, 0.1) is 13.2 Å². The number of rotatable bonds is 9. The molecule has 2 aromatic carbocycles. The van der Waals surface area contributed by atoms with Gasteiger partial charge in [0.15, 0.2) is 17.6 Å². The van der Waals surface area contributed by atoms with Crippen LogP contribution in [0.25, 0.3) is 6.08 Å². The molecule has 6 heteroatoms. The summed E-state index contributed by atoms with van der Waals surface area (Å²) in [6.45, 7) is 7.78. The monoisotopic (exact) mass is 411 g/mol. The van der Waals surface area contributed by atoms with Gasteiger partial charge in [0.2, 0.25) is 0 Å². The van der Waals surface area contributed by atoms with Crippen molar-refractivity contribution < 1.29 is 23.8 Å². The van der Waals surface area contributed by atoms with Gasteiger partial charge in [-0.2, -0.15) is 0 Å². The van der Waals surface area contributed by atoms with Crippen molar-refractivity contribution in [2.45, 2.75) is 46.4 Å². The predicted octanol–water partition coefficient (Wildman–Crippen LogP) is 4.05. The van der Waals surface area contributed by atoms with Crippen LogP contribution in [-0.4, -0.2) is 31.2 Å². The molecule has 0 saturated carbocycles. The third-order valence-electron chi connectivity index (χ3n) is 4.21. The summed E-state index contributed by atoms with van der Waals surface area (Å²) >= 11 is 0. The fourth-order valence-electron chi connectivity index (χ4n) is 2.61. The number of ether oxygens (including phenoxy) is 3. The molecule has 0 spiro atoms. The molecule has 6 nitrogen and oxygen atoms in total. The molecule has 0 heterocycles. The van der Waals surface area contributed by atoms with Crippen molar-refractivity contribution in [1.82, 2.24) is 5.32 Å². The number of carbonyl (C=O) groups is 2. The summed E-state index contributed by atoms with van der Waals surface area (Å²) in [5.41, 5.74) is 2.88. The summed E-state index contributed by atoms with van der Waals surface area (Å²) in [5.74, 6) is 0.248. The molecular formula is C24H29NO5. The highest BCUT2D eigenvalue weighted by Gasteiger charge is 2.16. The van der Waals surface area contributed by atoms with Crippen LogP contribution in [0.4, 0.5) is 0 Å². The molecule has 2 aromatic rings. The van der Waals surface area contributed by atoms with E-state index in [0.717, 1.165) is 16.7 Å². The molecule has 1 amide bonds. The Morgan fingerprint density at radius 2 is 1.73 bits per heavy atom. The Balaban J connectivity index is 1.88. The van der Waals surface area contributed by atoms with Crippen molar-refractivity contribution in [3.05, 3.63) is 65.2 Å². The van der Waals surface area contributed by atoms with E-state index < -0.39 is 12.1 Å². The topological polar surface area (TPSA) is 73.9 Å². The zero-order valence-electron chi connectivity index (χ0n) is 18.1. The summed E-state index contributed by atoms with van der Waals surface area (Å²) in [4.78, 5) is 24.2. The van der Waals surface area contributed by atoms with E-state index in [1.165, 1.54) is 13.0 Å². The first-order chi connectivity index (χ1) is 14.3. The van der Waals surface area contributed by atoms with E-state index in [9.17, 15) is 9.59 Å². The Bertz CT molecular complexity index is 887. The highest BCUT2D eigenvalue weighted by atomic mass is 16.5. The van der Waals surface area contributed by atoms with Crippen LogP contribution < -0.4 is 14.8 Å². The number of aryl methyl sites for hydroxylation is 1. The summed E-state index contributed by atoms with van der Waals surface area (Å²) in [5, 5.41) is 2.76. The summed E-state index contributed by atoms with van der Waals surface area (Å²) in [7, 11) is 1.56. The SMILES string of the molecule is COc1cc(/C=C/C(=O)O[C@@H](C)C(=O)NCc2ccc(C)cc2)ccc1OC(C)C. The van der Waals surface area contributed by atoms with Gasteiger partial charge in [-0.3, -0.25) is 4.79 Å². The molecule has 0 fully saturated rings. The molecule has 0 bridgehead atoms. The molecule has 0 saturated heterocycles. The summed E-state index contributed by atoms with van der Waals surface area (Å²) < 4.78 is 16.2. The molecule has 1 N–H and O–H groups in total. The largest absolute Gasteiger partial charge is 0.493 e. The van der Waals surface area contributed by atoms with Gasteiger partial charge < -0.3 is 19.5 Å². The van der Waals surface area contributed by atoms with Gasteiger partial charge in [0, 0.05) is 12.6 Å². The Kier molecular flexibility index (Phi) is 8.47. The Labute approximate surface area is 177 Å². The van der Waals surface area contributed by atoms with Crippen LogP contribution in [0.15, 0.2) is 48.5 Å². The van der Waals surface area contributed by atoms with Crippen LogP contribution in [0.3, 0.4) is 0 Å². The molecule has 0 aliphatic heterocycles. The van der Waals surface area contributed by atoms with Gasteiger partial charge >= 0.3 is 5.97 Å². The van der Waals surface area contributed by atoms with Crippen molar-refractivity contribution in [1.29, 1.82) is 0 Å². The average Bonchev–Trinajstić information content (AvgIpc) is 2.71. The first-order valence-electron chi connectivity index (χ1n) is 9.85. The number of methoxy groups -OCH3 is 1. The van der Waals surface area contributed by atoms with E-state index in [2.05, 4.69) is 5.32 Å². The van der Waals surface area contributed by atoms with Gasteiger partial charge in [-0.05, 0) is 57.0 Å². The fraction of sp³-hybridized carbons (Fsp3) is 0.333. The minimum absolute atomic E-state index is 0.0221. The lowest BCUT2D eigenvalue weighted by molar-refractivity contribution is -0.150. The van der Waals surface area contributed by atoms with Gasteiger partial charge in [-0.15, -0.1) is 0 Å². The zero-order chi connectivity index (χ0) is 22.1. The van der Waals surface area contributed by atoms with Gasteiger partial charge in [-0.25, -0.2) is 4.79 Å². The number of nitrogens with one attached hydrogen (secondary N) is 1. The smallest absolute Gasteiger partial charge is 0.331 e. The second kappa shape index (κ2) is 11.0. The van der Waals surface area contributed by atoms with Crippen LogP contribution in [-0.2, 0) is 20.9 Å². The first kappa shape index (κ1) is 23.0. The van der Waals surface area contributed by atoms with Crippen LogP contribution in [0, 0.1) is 6.92 Å². The maximum absolute atomic E-state index is 12.2. The minimum atomic E-state index is -0.899. The van der Waals surface area contributed by atoms with Gasteiger partial charge in [0.25, 0.3) is 5.91 Å². The fourth-order valence-corrected chi connectivity index (χ4v) is 2.61. The Morgan fingerprint density at radius 3 is 2.37 bits per heavy atom. The number of benzene rings is 2. The number of amides is 1. The van der Waals surface area contributed by atoms with Crippen molar-refractivity contribution in [3.8, 4) is 11.5 Å². The molecule has 160 valence electrons. The second-order valence-corrected chi connectivity index (χ2v) is 7.19. The Hall–Kier alpha value is -3.28. The maximum atomic E-state index is 12.2. The third kappa shape index (κ3) is 7.28. The van der Waals surface area contributed by atoms with E-state index >= 15 is 0 Å². The number of carbonyl (C=O) groups excluding carboxylic acids is 2. The lowest BCUT2D eigenvalue weighted by Crippen LogP contribution is -2.35. The standard InChI is InChI=1S/C24H29NO5/c1-16(2)29-21-12-10-19(14-22(21)28-5)11-13-23(26)30-18(4)24(27)25-15-20-8-6-17(3)7-9-20/h6-14,16,18H,15H2,1-5H3,(H,25,27)/b13-11+/t18-/m0/s1. The lowest BCUT2D eigenvalue weighted by atomic mass is 10.1. The van der Waals surface area contributed by atoms with Crippen molar-refractivity contribution in [2.24, 2.45) is 0 Å². The van der Waals surface area contributed by atoms with Crippen LogP contribution in [0.1, 0.15) is 37.5 Å². The molecular weight excluding hydrogens is 382 g/mol. The number of esters is 1. The molecule has 30 heavy (non-hydrogen) atoms. The number of hydrogen-bond donors (Lipinski definition) is 1. The van der Waals surface area contributed by atoms with Crippen molar-refractivity contribution in [3.63, 3.8) is 0 Å². The number of hydrogen-bond acceptors (Lipinski definition) is 5. The maximum Gasteiger partial charge on any atom is 0.331 e. The molecule has 0 unspecified atom stereocenters. The van der Waals surface area contributed by atoms with Gasteiger partial charge in [0.1, 0.15) is 0 Å². The van der Waals surface area contributed by atoms with Crippen molar-refractivity contribution in [2.75, 3.05) is 7.11 Å². The lowest BCUT2D eigenvalue weighted by Gasteiger charge is -2.14. The molecule has 0 aromatic heterocycles.